The van der Waals surface area contributed by atoms with E-state index in [2.05, 4.69) is 10.1 Å². The molecular weight excluding hydrogens is 386 g/mol. The second-order valence-electron chi connectivity index (χ2n) is 7.92. The van der Waals surface area contributed by atoms with Crippen molar-refractivity contribution in [3.05, 3.63) is 42.4 Å². The summed E-state index contributed by atoms with van der Waals surface area (Å²) in [5, 5.41) is 13.8. The molecule has 0 spiro atoms. The molecule has 3 N–H and O–H groups in total. The first kappa shape index (κ1) is 18.7. The summed E-state index contributed by atoms with van der Waals surface area (Å²) >= 11 is 0. The molecule has 1 unspecified atom stereocenters. The summed E-state index contributed by atoms with van der Waals surface area (Å²) in [5.74, 6) is 1.15. The molecule has 3 atom stereocenters. The van der Waals surface area contributed by atoms with Crippen LogP contribution >= 0.6 is 0 Å². The lowest BCUT2D eigenvalue weighted by molar-refractivity contribution is -0.0857. The zero-order chi connectivity index (χ0) is 20.8. The number of aryl methyl sites for hydroxylation is 1. The number of anilines is 1. The lowest BCUT2D eigenvalue weighted by Crippen LogP contribution is -2.60. The first-order valence-electron chi connectivity index (χ1n) is 9.95. The Morgan fingerprint density at radius 3 is 2.77 bits per heavy atom. The van der Waals surface area contributed by atoms with Crippen molar-refractivity contribution in [1.29, 1.82) is 0 Å². The number of morpholine rings is 1. The van der Waals surface area contributed by atoms with Crippen LogP contribution in [0.5, 0.6) is 5.75 Å². The van der Waals surface area contributed by atoms with Gasteiger partial charge in [-0.25, -0.2) is 9.31 Å². The van der Waals surface area contributed by atoms with Crippen LogP contribution in [-0.2, 0) is 4.74 Å². The molecule has 2 aliphatic heterocycles. The summed E-state index contributed by atoms with van der Waals surface area (Å²) in [4.78, 5) is 17.6. The second-order valence-corrected chi connectivity index (χ2v) is 7.92. The van der Waals surface area contributed by atoms with Gasteiger partial charge in [-0.3, -0.25) is 9.88 Å². The largest absolute Gasteiger partial charge is 0.488 e. The van der Waals surface area contributed by atoms with E-state index in [0.29, 0.717) is 37.6 Å². The van der Waals surface area contributed by atoms with Crippen LogP contribution in [0.15, 0.2) is 36.7 Å². The van der Waals surface area contributed by atoms with Crippen molar-refractivity contribution in [2.45, 2.75) is 38.0 Å². The van der Waals surface area contributed by atoms with E-state index in [-0.39, 0.29) is 18.2 Å². The number of ether oxygens (including phenoxy) is 2. The fraction of sp³-hybridized carbons (Fsp3) is 0.381. The summed E-state index contributed by atoms with van der Waals surface area (Å²) in [6, 6.07) is 7.43. The molecule has 5 heterocycles. The highest BCUT2D eigenvalue weighted by atomic mass is 16.5. The van der Waals surface area contributed by atoms with Gasteiger partial charge in [0.1, 0.15) is 17.7 Å². The molecule has 0 radical (unpaired) electrons. The Hall–Kier alpha value is -3.33. The molecule has 3 aromatic heterocycles. The molecule has 0 saturated carbocycles. The quantitative estimate of drug-likeness (QED) is 0.683. The molecule has 2 saturated heterocycles. The maximum atomic E-state index is 11.6. The number of nitrogen functional groups attached to an aromatic ring is 1. The number of nitrogens with two attached hydrogens (primary N) is 1. The van der Waals surface area contributed by atoms with Crippen LogP contribution in [0, 0.1) is 6.92 Å². The maximum Gasteiger partial charge on any atom is 0.407 e. The highest BCUT2D eigenvalue weighted by molar-refractivity contribution is 5.74. The standard InChI is InChI=1S/C21H23N5O4/c1-12-4-18(13-2-3-25-14(5-13)8-20(22)24-25)19(9-23-12)30-17-6-15-10-29-11-16(7-17)26(15)21(27)28/h2-5,8-9,15-17H,6-7,10-11H2,1H3,(H2,22,24)(H,27,28)/t15-,16+,17?. The second kappa shape index (κ2) is 7.17. The molecule has 2 fully saturated rings. The molecule has 9 heteroatoms. The van der Waals surface area contributed by atoms with E-state index >= 15 is 0 Å². The Balaban J connectivity index is 1.45. The van der Waals surface area contributed by atoms with Crippen LogP contribution in [0.4, 0.5) is 10.6 Å². The zero-order valence-electron chi connectivity index (χ0n) is 16.6. The molecule has 3 aromatic rings. The Morgan fingerprint density at radius 1 is 1.27 bits per heavy atom. The zero-order valence-corrected chi connectivity index (χ0v) is 16.6. The molecule has 2 bridgehead atoms. The monoisotopic (exact) mass is 409 g/mol. The number of amides is 1. The first-order chi connectivity index (χ1) is 14.5. The SMILES string of the molecule is Cc1cc(-c2ccn3nc(N)cc3c2)c(OC2C[C@H]3COC[C@@H](C2)N3C(=O)O)cn1. The van der Waals surface area contributed by atoms with Crippen LogP contribution in [-0.4, -0.2) is 62.1 Å². The lowest BCUT2D eigenvalue weighted by Gasteiger charge is -2.46. The number of carboxylic acid groups (broad SMARTS) is 1. The van der Waals surface area contributed by atoms with Gasteiger partial charge in [0.05, 0.1) is 37.0 Å². The van der Waals surface area contributed by atoms with Gasteiger partial charge < -0.3 is 20.3 Å². The van der Waals surface area contributed by atoms with Crippen molar-refractivity contribution in [1.82, 2.24) is 19.5 Å². The van der Waals surface area contributed by atoms with Gasteiger partial charge >= 0.3 is 6.09 Å². The van der Waals surface area contributed by atoms with Crippen molar-refractivity contribution >= 4 is 17.4 Å². The van der Waals surface area contributed by atoms with Gasteiger partial charge in [0, 0.05) is 36.4 Å². The Labute approximate surface area is 173 Å². The molecular formula is C21H23N5O4. The fourth-order valence-electron chi connectivity index (χ4n) is 4.50. The first-order valence-corrected chi connectivity index (χ1v) is 9.95. The number of nitrogens with zero attached hydrogens (tertiary/aromatic N) is 4. The minimum atomic E-state index is -0.891. The van der Waals surface area contributed by atoms with Crippen molar-refractivity contribution in [2.24, 2.45) is 0 Å². The summed E-state index contributed by atoms with van der Waals surface area (Å²) in [6.45, 7) is 2.75. The molecule has 1 amide bonds. The average Bonchev–Trinajstić information content (AvgIpc) is 3.07. The van der Waals surface area contributed by atoms with Crippen LogP contribution in [0.25, 0.3) is 16.6 Å². The van der Waals surface area contributed by atoms with Crippen LogP contribution in [0.3, 0.4) is 0 Å². The average molecular weight is 409 g/mol. The van der Waals surface area contributed by atoms with Crippen molar-refractivity contribution in [3.63, 3.8) is 0 Å². The smallest absolute Gasteiger partial charge is 0.407 e. The number of fused-ring (bicyclic) bond motifs is 3. The third-order valence-electron chi connectivity index (χ3n) is 5.79. The Bertz CT molecular complexity index is 1100. The minimum absolute atomic E-state index is 0.0999. The van der Waals surface area contributed by atoms with E-state index < -0.39 is 6.09 Å². The number of hydrogen-bond acceptors (Lipinski definition) is 6. The van der Waals surface area contributed by atoms with Gasteiger partial charge in [-0.1, -0.05) is 0 Å². The van der Waals surface area contributed by atoms with Gasteiger partial charge in [-0.05, 0) is 30.7 Å². The number of pyridine rings is 2. The van der Waals surface area contributed by atoms with Crippen LogP contribution in [0.2, 0.25) is 0 Å². The highest BCUT2D eigenvalue weighted by Gasteiger charge is 2.42. The molecule has 5 rings (SSSR count). The lowest BCUT2D eigenvalue weighted by atomic mass is 9.92. The van der Waals surface area contributed by atoms with E-state index in [1.165, 1.54) is 4.90 Å². The summed E-state index contributed by atoms with van der Waals surface area (Å²) in [5.41, 5.74) is 9.51. The van der Waals surface area contributed by atoms with Gasteiger partial charge in [-0.15, -0.1) is 0 Å². The summed E-state index contributed by atoms with van der Waals surface area (Å²) in [6.07, 6.45) is 3.81. The summed E-state index contributed by atoms with van der Waals surface area (Å²) in [7, 11) is 0. The van der Waals surface area contributed by atoms with E-state index in [0.717, 1.165) is 22.3 Å². The number of hydrogen-bond donors (Lipinski definition) is 2. The van der Waals surface area contributed by atoms with Crippen molar-refractivity contribution in [3.8, 4) is 16.9 Å². The van der Waals surface area contributed by atoms with Gasteiger partial charge in [0.15, 0.2) is 0 Å². The molecule has 2 aliphatic rings. The van der Waals surface area contributed by atoms with Crippen LogP contribution < -0.4 is 10.5 Å². The van der Waals surface area contributed by atoms with Gasteiger partial charge in [0.2, 0.25) is 0 Å². The van der Waals surface area contributed by atoms with E-state index in [1.807, 2.05) is 37.4 Å². The highest BCUT2D eigenvalue weighted by Crippen LogP contribution is 2.35. The Morgan fingerprint density at radius 2 is 2.03 bits per heavy atom. The maximum absolute atomic E-state index is 11.6. The molecule has 156 valence electrons. The number of aromatic nitrogens is 3. The number of rotatable bonds is 3. The molecule has 0 aromatic carbocycles. The molecule has 9 nitrogen and oxygen atoms in total. The van der Waals surface area contributed by atoms with E-state index in [9.17, 15) is 9.90 Å². The van der Waals surface area contributed by atoms with Crippen molar-refractivity contribution < 1.29 is 19.4 Å². The van der Waals surface area contributed by atoms with Gasteiger partial charge in [0.25, 0.3) is 0 Å². The van der Waals surface area contributed by atoms with E-state index in [1.54, 1.807) is 10.7 Å². The minimum Gasteiger partial charge on any atom is -0.488 e. The third-order valence-corrected chi connectivity index (χ3v) is 5.79. The third kappa shape index (κ3) is 3.30. The Kier molecular flexibility index (Phi) is 4.47. The number of piperidine rings is 1. The predicted octanol–water partition coefficient (Wildman–Crippen LogP) is 2.58. The molecule has 0 aliphatic carbocycles. The van der Waals surface area contributed by atoms with Crippen LogP contribution in [0.1, 0.15) is 18.5 Å². The fourth-order valence-corrected chi connectivity index (χ4v) is 4.50. The summed E-state index contributed by atoms with van der Waals surface area (Å²) < 4.78 is 13.7. The normalized spacial score (nSPS) is 23.5. The predicted molar refractivity (Wildman–Crippen MR) is 109 cm³/mol. The van der Waals surface area contributed by atoms with E-state index in [4.69, 9.17) is 15.2 Å². The van der Waals surface area contributed by atoms with Crippen molar-refractivity contribution in [2.75, 3.05) is 18.9 Å². The number of carbonyl (C=O) groups is 1. The van der Waals surface area contributed by atoms with Gasteiger partial charge in [-0.2, -0.15) is 5.10 Å². The topological polar surface area (TPSA) is 115 Å². The molecule has 30 heavy (non-hydrogen) atoms.